The van der Waals surface area contributed by atoms with Crippen molar-refractivity contribution in [2.24, 2.45) is 5.73 Å². The van der Waals surface area contributed by atoms with Crippen molar-refractivity contribution in [1.82, 2.24) is 5.32 Å². The molecule has 7 heteroatoms. The zero-order valence-electron chi connectivity index (χ0n) is 9.76. The Morgan fingerprint density at radius 3 is 2.63 bits per heavy atom. The summed E-state index contributed by atoms with van der Waals surface area (Å²) in [5.41, 5.74) is 5.51. The standard InChI is InChI=1S/C12H11BrN2O4/c13-9-4-2-1-3-8(9)5-6-11(17)19-7-10(16)15-12(14)18/h1-6H,7H2,(H3,14,15,16,18)/b6-5+. The van der Waals surface area contributed by atoms with E-state index in [1.807, 2.05) is 18.2 Å². The summed E-state index contributed by atoms with van der Waals surface area (Å²) in [5.74, 6) is -1.48. The predicted molar refractivity (Wildman–Crippen MR) is 71.9 cm³/mol. The minimum absolute atomic E-state index is 0.567. The van der Waals surface area contributed by atoms with Crippen LogP contribution in [0.15, 0.2) is 34.8 Å². The first kappa shape index (κ1) is 14.9. The van der Waals surface area contributed by atoms with Crippen molar-refractivity contribution in [3.8, 4) is 0 Å². The number of primary amides is 1. The molecule has 19 heavy (non-hydrogen) atoms. The van der Waals surface area contributed by atoms with Gasteiger partial charge in [0, 0.05) is 10.5 Å². The van der Waals surface area contributed by atoms with E-state index in [4.69, 9.17) is 5.73 Å². The molecule has 1 rings (SSSR count). The Morgan fingerprint density at radius 2 is 2.00 bits per heavy atom. The molecule has 0 saturated carbocycles. The smallest absolute Gasteiger partial charge is 0.331 e. The van der Waals surface area contributed by atoms with Crippen LogP contribution in [0.1, 0.15) is 5.56 Å². The highest BCUT2D eigenvalue weighted by Gasteiger charge is 2.06. The van der Waals surface area contributed by atoms with Gasteiger partial charge in [0.2, 0.25) is 0 Å². The molecule has 0 bridgehead atoms. The van der Waals surface area contributed by atoms with Crippen molar-refractivity contribution in [1.29, 1.82) is 0 Å². The van der Waals surface area contributed by atoms with E-state index < -0.39 is 24.5 Å². The molecular formula is C12H11BrN2O4. The van der Waals surface area contributed by atoms with Crippen LogP contribution in [0, 0.1) is 0 Å². The number of halogens is 1. The first-order valence-corrected chi connectivity index (χ1v) is 5.97. The van der Waals surface area contributed by atoms with Crippen LogP contribution < -0.4 is 11.1 Å². The van der Waals surface area contributed by atoms with Gasteiger partial charge < -0.3 is 10.5 Å². The SMILES string of the molecule is NC(=O)NC(=O)COC(=O)/C=C/c1ccccc1Br. The van der Waals surface area contributed by atoms with Crippen molar-refractivity contribution >= 4 is 39.9 Å². The second-order valence-corrected chi connectivity index (χ2v) is 4.23. The van der Waals surface area contributed by atoms with Crippen molar-refractivity contribution in [3.05, 3.63) is 40.4 Å². The van der Waals surface area contributed by atoms with Gasteiger partial charge in [0.05, 0.1) is 0 Å². The van der Waals surface area contributed by atoms with Crippen LogP contribution in [0.5, 0.6) is 0 Å². The molecule has 0 radical (unpaired) electrons. The lowest BCUT2D eigenvalue weighted by Gasteiger charge is -2.01. The maximum atomic E-state index is 11.3. The van der Waals surface area contributed by atoms with Crippen molar-refractivity contribution in [3.63, 3.8) is 0 Å². The number of rotatable bonds is 4. The van der Waals surface area contributed by atoms with E-state index >= 15 is 0 Å². The zero-order chi connectivity index (χ0) is 14.3. The van der Waals surface area contributed by atoms with Gasteiger partial charge in [0.15, 0.2) is 6.61 Å². The first-order chi connectivity index (χ1) is 8.99. The molecule has 1 aromatic rings. The van der Waals surface area contributed by atoms with Gasteiger partial charge in [-0.25, -0.2) is 9.59 Å². The molecule has 100 valence electrons. The Balaban J connectivity index is 2.46. The summed E-state index contributed by atoms with van der Waals surface area (Å²) in [5, 5.41) is 1.77. The average molecular weight is 327 g/mol. The second kappa shape index (κ2) is 7.32. The molecule has 0 spiro atoms. The molecule has 0 saturated heterocycles. The fourth-order valence-corrected chi connectivity index (χ4v) is 1.54. The minimum atomic E-state index is -0.996. The molecule has 3 amide bonds. The Bertz CT molecular complexity index is 528. The lowest BCUT2D eigenvalue weighted by molar-refractivity contribution is -0.143. The van der Waals surface area contributed by atoms with Gasteiger partial charge in [0.25, 0.3) is 5.91 Å². The van der Waals surface area contributed by atoms with Crippen LogP contribution in [0.4, 0.5) is 4.79 Å². The summed E-state index contributed by atoms with van der Waals surface area (Å²) in [7, 11) is 0. The number of esters is 1. The summed E-state index contributed by atoms with van der Waals surface area (Å²) in [6.07, 6.45) is 2.72. The third-order valence-corrected chi connectivity index (χ3v) is 2.63. The molecule has 0 unspecified atom stereocenters. The Kier molecular flexibility index (Phi) is 5.74. The quantitative estimate of drug-likeness (QED) is 0.641. The van der Waals surface area contributed by atoms with Crippen molar-refractivity contribution in [2.45, 2.75) is 0 Å². The number of hydrogen-bond donors (Lipinski definition) is 2. The number of nitrogens with one attached hydrogen (secondary N) is 1. The van der Waals surface area contributed by atoms with Gasteiger partial charge in [-0.15, -0.1) is 0 Å². The van der Waals surface area contributed by atoms with Gasteiger partial charge in [0.1, 0.15) is 0 Å². The molecule has 0 aliphatic carbocycles. The summed E-state index contributed by atoms with van der Waals surface area (Å²) in [6, 6.07) is 6.29. The third-order valence-electron chi connectivity index (χ3n) is 1.91. The number of imide groups is 1. The topological polar surface area (TPSA) is 98.5 Å². The molecule has 0 aromatic heterocycles. The van der Waals surface area contributed by atoms with Crippen LogP contribution in [0.2, 0.25) is 0 Å². The molecule has 0 atom stereocenters. The molecule has 0 fully saturated rings. The van der Waals surface area contributed by atoms with Crippen molar-refractivity contribution in [2.75, 3.05) is 6.61 Å². The number of carbonyl (C=O) groups is 3. The average Bonchev–Trinajstić information content (AvgIpc) is 2.34. The normalized spacial score (nSPS) is 10.2. The highest BCUT2D eigenvalue weighted by Crippen LogP contribution is 2.16. The van der Waals surface area contributed by atoms with E-state index in [1.54, 1.807) is 17.5 Å². The Labute approximate surface area is 117 Å². The molecule has 3 N–H and O–H groups in total. The molecule has 0 aliphatic rings. The Hall–Kier alpha value is -2.15. The number of nitrogens with two attached hydrogens (primary N) is 1. The van der Waals surface area contributed by atoms with Crippen LogP contribution >= 0.6 is 15.9 Å². The van der Waals surface area contributed by atoms with Crippen LogP contribution in [-0.4, -0.2) is 24.5 Å². The van der Waals surface area contributed by atoms with Gasteiger partial charge in [-0.3, -0.25) is 10.1 Å². The number of hydrogen-bond acceptors (Lipinski definition) is 4. The first-order valence-electron chi connectivity index (χ1n) is 5.17. The summed E-state index contributed by atoms with van der Waals surface area (Å²) < 4.78 is 5.43. The van der Waals surface area contributed by atoms with Crippen LogP contribution in [-0.2, 0) is 14.3 Å². The fourth-order valence-electron chi connectivity index (χ4n) is 1.13. The molecule has 0 aliphatic heterocycles. The highest BCUT2D eigenvalue weighted by molar-refractivity contribution is 9.10. The van der Waals surface area contributed by atoms with Crippen molar-refractivity contribution < 1.29 is 19.1 Å². The van der Waals surface area contributed by atoms with E-state index in [2.05, 4.69) is 20.7 Å². The highest BCUT2D eigenvalue weighted by atomic mass is 79.9. The van der Waals surface area contributed by atoms with E-state index in [0.29, 0.717) is 0 Å². The molecular weight excluding hydrogens is 316 g/mol. The number of urea groups is 1. The monoisotopic (exact) mass is 326 g/mol. The number of carbonyl (C=O) groups excluding carboxylic acids is 3. The maximum absolute atomic E-state index is 11.3. The number of amides is 3. The maximum Gasteiger partial charge on any atom is 0.331 e. The largest absolute Gasteiger partial charge is 0.452 e. The third kappa shape index (κ3) is 5.82. The Morgan fingerprint density at radius 1 is 1.32 bits per heavy atom. The van der Waals surface area contributed by atoms with Gasteiger partial charge in [-0.1, -0.05) is 34.1 Å². The van der Waals surface area contributed by atoms with Crippen LogP contribution in [0.3, 0.4) is 0 Å². The molecule has 6 nitrogen and oxygen atoms in total. The summed E-state index contributed by atoms with van der Waals surface area (Å²) in [4.78, 5) is 32.6. The molecule has 1 aromatic carbocycles. The van der Waals surface area contributed by atoms with Gasteiger partial charge in [-0.2, -0.15) is 0 Å². The predicted octanol–water partition coefficient (Wildman–Crippen LogP) is 1.20. The zero-order valence-corrected chi connectivity index (χ0v) is 11.3. The lowest BCUT2D eigenvalue weighted by Crippen LogP contribution is -2.37. The minimum Gasteiger partial charge on any atom is -0.452 e. The van der Waals surface area contributed by atoms with Crippen LogP contribution in [0.25, 0.3) is 6.08 Å². The lowest BCUT2D eigenvalue weighted by atomic mass is 10.2. The van der Waals surface area contributed by atoms with E-state index in [-0.39, 0.29) is 0 Å². The number of ether oxygens (including phenoxy) is 1. The van der Waals surface area contributed by atoms with E-state index in [9.17, 15) is 14.4 Å². The summed E-state index contributed by atoms with van der Waals surface area (Å²) >= 11 is 3.32. The van der Waals surface area contributed by atoms with Gasteiger partial charge >= 0.3 is 12.0 Å². The second-order valence-electron chi connectivity index (χ2n) is 3.37. The fraction of sp³-hybridized carbons (Fsp3) is 0.0833. The van der Waals surface area contributed by atoms with Gasteiger partial charge in [-0.05, 0) is 17.7 Å². The number of benzene rings is 1. The van der Waals surface area contributed by atoms with E-state index in [1.165, 1.54) is 6.08 Å². The summed E-state index contributed by atoms with van der Waals surface area (Å²) in [6.45, 7) is -0.567. The van der Waals surface area contributed by atoms with E-state index in [0.717, 1.165) is 10.0 Å². The molecule has 0 heterocycles.